The van der Waals surface area contributed by atoms with Gasteiger partial charge >= 0.3 is 12.0 Å². The number of ether oxygens (including phenoxy) is 4. The van der Waals surface area contributed by atoms with Crippen LogP contribution in [0.25, 0.3) is 0 Å². The minimum Gasteiger partial charge on any atom is -0.491 e. The average Bonchev–Trinajstić information content (AvgIpc) is 2.87. The second-order valence-electron chi connectivity index (χ2n) is 8.65. The fraction of sp³-hybridized carbons (Fsp3) is 0.370. The van der Waals surface area contributed by atoms with Crippen LogP contribution in [-0.4, -0.2) is 56.0 Å². The van der Waals surface area contributed by atoms with E-state index in [9.17, 15) is 14.7 Å². The van der Waals surface area contributed by atoms with Gasteiger partial charge < -0.3 is 34.7 Å². The summed E-state index contributed by atoms with van der Waals surface area (Å²) in [4.78, 5) is 24.5. The second kappa shape index (κ2) is 13.3. The summed E-state index contributed by atoms with van der Waals surface area (Å²) in [5.74, 6) is 0.928. The van der Waals surface area contributed by atoms with E-state index in [1.165, 1.54) is 7.11 Å². The molecule has 1 aliphatic heterocycles. The zero-order chi connectivity index (χ0) is 27.7. The van der Waals surface area contributed by atoms with Crippen molar-refractivity contribution in [1.82, 2.24) is 16.1 Å². The van der Waals surface area contributed by atoms with E-state index < -0.39 is 24.3 Å². The number of nitrogens with one attached hydrogen (secondary N) is 3. The van der Waals surface area contributed by atoms with Crippen LogP contribution in [0.1, 0.15) is 44.9 Å². The zero-order valence-corrected chi connectivity index (χ0v) is 22.1. The summed E-state index contributed by atoms with van der Waals surface area (Å²) in [6, 6.07) is 11.3. The molecule has 0 aromatic heterocycles. The fourth-order valence-electron chi connectivity index (χ4n) is 3.76. The molecular weight excluding hydrogens is 492 g/mol. The molecule has 38 heavy (non-hydrogen) atoms. The molecule has 1 heterocycles. The van der Waals surface area contributed by atoms with Crippen molar-refractivity contribution in [1.29, 1.82) is 0 Å². The van der Waals surface area contributed by atoms with Gasteiger partial charge in [-0.25, -0.2) is 9.59 Å². The molecule has 0 unspecified atom stereocenters. The lowest BCUT2D eigenvalue weighted by Crippen LogP contribution is -2.45. The zero-order valence-electron chi connectivity index (χ0n) is 22.1. The molecule has 0 bridgehead atoms. The summed E-state index contributed by atoms with van der Waals surface area (Å²) in [5.41, 5.74) is 4.70. The summed E-state index contributed by atoms with van der Waals surface area (Å²) in [7, 11) is 1.28. The van der Waals surface area contributed by atoms with Crippen LogP contribution in [0, 0.1) is 0 Å². The van der Waals surface area contributed by atoms with Crippen molar-refractivity contribution in [2.45, 2.75) is 46.1 Å². The molecule has 0 spiro atoms. The van der Waals surface area contributed by atoms with Crippen molar-refractivity contribution in [2.24, 2.45) is 5.10 Å². The first kappa shape index (κ1) is 28.3. The number of hydrogen-bond donors (Lipinski definition) is 4. The number of amides is 2. The minimum atomic E-state index is -1.10. The highest BCUT2D eigenvalue weighted by atomic mass is 16.5. The normalized spacial score (nSPS) is 16.1. The van der Waals surface area contributed by atoms with Crippen molar-refractivity contribution in [3.05, 3.63) is 64.9 Å². The lowest BCUT2D eigenvalue weighted by Gasteiger charge is -2.28. The monoisotopic (exact) mass is 526 g/mol. The maximum atomic E-state index is 12.4. The third-order valence-corrected chi connectivity index (χ3v) is 5.34. The van der Waals surface area contributed by atoms with Crippen LogP contribution in [0.15, 0.2) is 58.8 Å². The van der Waals surface area contributed by atoms with E-state index in [2.05, 4.69) is 21.2 Å². The summed E-state index contributed by atoms with van der Waals surface area (Å²) in [5, 5.41) is 19.7. The second-order valence-corrected chi connectivity index (χ2v) is 8.65. The van der Waals surface area contributed by atoms with E-state index in [-0.39, 0.29) is 18.3 Å². The molecule has 2 amide bonds. The molecule has 0 saturated heterocycles. The van der Waals surface area contributed by atoms with E-state index in [1.807, 2.05) is 45.0 Å². The molecule has 0 saturated carbocycles. The molecule has 2 aromatic carbocycles. The van der Waals surface area contributed by atoms with Gasteiger partial charge in [0.25, 0.3) is 0 Å². The molecule has 2 atom stereocenters. The Morgan fingerprint density at radius 2 is 1.97 bits per heavy atom. The van der Waals surface area contributed by atoms with Crippen LogP contribution >= 0.6 is 0 Å². The molecule has 0 radical (unpaired) electrons. The number of carbonyl (C=O) groups excluding carboxylic acids is 2. The van der Waals surface area contributed by atoms with Crippen molar-refractivity contribution in [3.63, 3.8) is 0 Å². The first-order chi connectivity index (χ1) is 18.2. The molecule has 3 rings (SSSR count). The van der Waals surface area contributed by atoms with E-state index in [4.69, 9.17) is 18.9 Å². The first-order valence-corrected chi connectivity index (χ1v) is 12.2. The number of hydrogen-bond acceptors (Lipinski definition) is 9. The van der Waals surface area contributed by atoms with E-state index in [0.29, 0.717) is 29.4 Å². The molecule has 1 aliphatic rings. The number of aliphatic hydroxyl groups is 1. The van der Waals surface area contributed by atoms with Crippen LogP contribution < -0.4 is 30.3 Å². The Morgan fingerprint density at radius 1 is 1.18 bits per heavy atom. The summed E-state index contributed by atoms with van der Waals surface area (Å²) >= 11 is 0. The molecule has 0 aliphatic carbocycles. The minimum absolute atomic E-state index is 0.0591. The number of esters is 1. The van der Waals surface area contributed by atoms with Crippen molar-refractivity contribution < 1.29 is 33.6 Å². The van der Waals surface area contributed by atoms with Gasteiger partial charge in [0, 0.05) is 5.70 Å². The van der Waals surface area contributed by atoms with Gasteiger partial charge in [-0.2, -0.15) is 5.10 Å². The highest BCUT2D eigenvalue weighted by Crippen LogP contribution is 2.34. The number of urea groups is 1. The van der Waals surface area contributed by atoms with Gasteiger partial charge in [0.1, 0.15) is 12.4 Å². The predicted octanol–water partition coefficient (Wildman–Crippen LogP) is 2.99. The van der Waals surface area contributed by atoms with Crippen LogP contribution in [-0.2, 0) is 9.53 Å². The van der Waals surface area contributed by atoms with Crippen LogP contribution in [0.3, 0.4) is 0 Å². The fourth-order valence-corrected chi connectivity index (χ4v) is 3.76. The van der Waals surface area contributed by atoms with Crippen molar-refractivity contribution >= 4 is 18.2 Å². The van der Waals surface area contributed by atoms with Gasteiger partial charge in [-0.1, -0.05) is 18.2 Å². The SMILES string of the molecule is CCOc1cc([C@H]2NC(=O)NC(C)=C2C(=O)OC)ccc1OC[C@@H](O)N/N=C/c1cccc(OC(C)C)c1. The van der Waals surface area contributed by atoms with Crippen LogP contribution in [0.5, 0.6) is 17.2 Å². The molecular formula is C27H34N4O7. The summed E-state index contributed by atoms with van der Waals surface area (Å²) < 4.78 is 22.1. The largest absolute Gasteiger partial charge is 0.491 e. The quantitative estimate of drug-likeness (QED) is 0.143. The van der Waals surface area contributed by atoms with Gasteiger partial charge in [0.15, 0.2) is 17.7 Å². The molecule has 204 valence electrons. The number of aliphatic hydroxyl groups excluding tert-OH is 1. The summed E-state index contributed by atoms with van der Waals surface area (Å²) in [6.45, 7) is 7.58. The lowest BCUT2D eigenvalue weighted by atomic mass is 9.95. The van der Waals surface area contributed by atoms with Gasteiger partial charge in [-0.15, -0.1) is 0 Å². The Bertz CT molecular complexity index is 1200. The third kappa shape index (κ3) is 7.62. The Hall–Kier alpha value is -4.25. The number of methoxy groups -OCH3 is 1. The average molecular weight is 527 g/mol. The first-order valence-electron chi connectivity index (χ1n) is 12.2. The number of allylic oxidation sites excluding steroid dienone is 1. The smallest absolute Gasteiger partial charge is 0.337 e. The Morgan fingerprint density at radius 3 is 2.68 bits per heavy atom. The molecule has 11 nitrogen and oxygen atoms in total. The van der Waals surface area contributed by atoms with Gasteiger partial charge in [0.2, 0.25) is 0 Å². The Balaban J connectivity index is 1.67. The number of benzene rings is 2. The van der Waals surface area contributed by atoms with Gasteiger partial charge in [0.05, 0.1) is 37.7 Å². The van der Waals surface area contributed by atoms with Crippen LogP contribution in [0.2, 0.25) is 0 Å². The van der Waals surface area contributed by atoms with E-state index in [0.717, 1.165) is 11.3 Å². The lowest BCUT2D eigenvalue weighted by molar-refractivity contribution is -0.136. The highest BCUT2D eigenvalue weighted by Gasteiger charge is 2.32. The maximum Gasteiger partial charge on any atom is 0.337 e. The standard InChI is InChI=1S/C27H34N4O7/c1-6-36-22-13-19(25-24(26(33)35-5)17(4)29-27(34)30-25)10-11-21(22)37-15-23(32)31-28-14-18-8-7-9-20(12-18)38-16(2)3/h7-14,16,23,25,31-32H,6,15H2,1-5H3,(H2,29,30,34)/b28-14+/t23-,25-/m1/s1. The van der Waals surface area contributed by atoms with E-state index >= 15 is 0 Å². The molecule has 2 aromatic rings. The number of hydrazone groups is 1. The highest BCUT2D eigenvalue weighted by molar-refractivity contribution is 5.95. The molecule has 4 N–H and O–H groups in total. The topological polar surface area (TPSA) is 140 Å². The number of rotatable bonds is 12. The summed E-state index contributed by atoms with van der Waals surface area (Å²) in [6.07, 6.45) is 0.526. The predicted molar refractivity (Wildman–Crippen MR) is 141 cm³/mol. The molecule has 0 fully saturated rings. The Kier molecular flexibility index (Phi) is 9.94. The maximum absolute atomic E-state index is 12.4. The van der Waals surface area contributed by atoms with Crippen molar-refractivity contribution in [2.75, 3.05) is 20.3 Å². The number of nitrogens with zero attached hydrogens (tertiary/aromatic N) is 1. The van der Waals surface area contributed by atoms with Crippen molar-refractivity contribution in [3.8, 4) is 17.2 Å². The Labute approximate surface area is 221 Å². The third-order valence-electron chi connectivity index (χ3n) is 5.34. The van der Waals surface area contributed by atoms with Gasteiger partial charge in [-0.05, 0) is 63.1 Å². The van der Waals surface area contributed by atoms with Gasteiger partial charge in [-0.3, -0.25) is 5.43 Å². The molecule has 11 heteroatoms. The van der Waals surface area contributed by atoms with E-state index in [1.54, 1.807) is 31.3 Å². The van der Waals surface area contributed by atoms with Crippen LogP contribution in [0.4, 0.5) is 4.79 Å². The number of carbonyl (C=O) groups is 2.